The van der Waals surface area contributed by atoms with Crippen molar-refractivity contribution in [3.63, 3.8) is 0 Å². The van der Waals surface area contributed by atoms with Gasteiger partial charge in [-0.05, 0) is 32.6 Å². The molecule has 0 radical (unpaired) electrons. The Balaban J connectivity index is 2.10. The highest BCUT2D eigenvalue weighted by atomic mass is 32.2. The molecule has 0 spiro atoms. The number of carbonyl (C=O) groups is 2. The first-order valence-electron chi connectivity index (χ1n) is 7.65. The summed E-state index contributed by atoms with van der Waals surface area (Å²) in [7, 11) is 0.556. The van der Waals surface area contributed by atoms with Crippen LogP contribution in [-0.4, -0.2) is 79.7 Å². The maximum atomic E-state index is 12.5. The molecular formula is C15H22N4O4S. The maximum Gasteiger partial charge on any atom is 0.313 e. The SMILES string of the molecule is CN(C)CCN(C(=O)C(=O)Nc1cccnc1)C1CCS(=O)(=O)C1. The van der Waals surface area contributed by atoms with E-state index in [4.69, 9.17) is 0 Å². The minimum absolute atomic E-state index is 0.0492. The normalized spacial score (nSPS) is 19.2. The minimum atomic E-state index is -3.15. The molecule has 9 heteroatoms. The number of aromatic nitrogens is 1. The summed E-state index contributed by atoms with van der Waals surface area (Å²) in [6, 6.07) is 2.82. The van der Waals surface area contributed by atoms with Gasteiger partial charge in [-0.25, -0.2) is 8.42 Å². The van der Waals surface area contributed by atoms with Gasteiger partial charge in [0.05, 0.1) is 23.4 Å². The number of carbonyl (C=O) groups excluding carboxylic acids is 2. The van der Waals surface area contributed by atoms with Crippen LogP contribution < -0.4 is 5.32 Å². The number of hydrogen-bond acceptors (Lipinski definition) is 6. The van der Waals surface area contributed by atoms with Crippen LogP contribution in [0.25, 0.3) is 0 Å². The van der Waals surface area contributed by atoms with E-state index >= 15 is 0 Å². The van der Waals surface area contributed by atoms with Crippen molar-refractivity contribution in [2.45, 2.75) is 12.5 Å². The Labute approximate surface area is 141 Å². The topological polar surface area (TPSA) is 99.7 Å². The Kier molecular flexibility index (Phi) is 5.89. The van der Waals surface area contributed by atoms with Gasteiger partial charge < -0.3 is 15.1 Å². The average molecular weight is 354 g/mol. The lowest BCUT2D eigenvalue weighted by Crippen LogP contribution is -2.48. The zero-order valence-corrected chi connectivity index (χ0v) is 14.6. The van der Waals surface area contributed by atoms with E-state index in [1.54, 1.807) is 18.3 Å². The van der Waals surface area contributed by atoms with E-state index < -0.39 is 27.7 Å². The molecule has 1 aliphatic rings. The summed E-state index contributed by atoms with van der Waals surface area (Å²) in [5, 5.41) is 2.50. The van der Waals surface area contributed by atoms with E-state index in [1.165, 1.54) is 11.1 Å². The number of likely N-dealkylation sites (N-methyl/N-ethyl adjacent to an activating group) is 1. The molecule has 1 aromatic rings. The summed E-state index contributed by atoms with van der Waals surface area (Å²) in [6.07, 6.45) is 3.36. The molecule has 2 heterocycles. The monoisotopic (exact) mass is 354 g/mol. The fraction of sp³-hybridized carbons (Fsp3) is 0.533. The van der Waals surface area contributed by atoms with Crippen molar-refractivity contribution in [3.05, 3.63) is 24.5 Å². The van der Waals surface area contributed by atoms with Crippen LogP contribution in [0, 0.1) is 0 Å². The molecule has 1 aliphatic heterocycles. The lowest BCUT2D eigenvalue weighted by Gasteiger charge is -2.28. The molecule has 132 valence electrons. The Morgan fingerprint density at radius 3 is 2.62 bits per heavy atom. The van der Waals surface area contributed by atoms with Crippen LogP contribution in [0.1, 0.15) is 6.42 Å². The molecule has 8 nitrogen and oxygen atoms in total. The van der Waals surface area contributed by atoms with Gasteiger partial charge in [-0.2, -0.15) is 0 Å². The number of nitrogens with zero attached hydrogens (tertiary/aromatic N) is 3. The lowest BCUT2D eigenvalue weighted by molar-refractivity contribution is -0.144. The Morgan fingerprint density at radius 2 is 2.08 bits per heavy atom. The predicted molar refractivity (Wildman–Crippen MR) is 90.2 cm³/mol. The second kappa shape index (κ2) is 7.71. The van der Waals surface area contributed by atoms with E-state index in [1.807, 2.05) is 19.0 Å². The fourth-order valence-corrected chi connectivity index (χ4v) is 4.26. The Hall–Kier alpha value is -2.00. The van der Waals surface area contributed by atoms with Crippen molar-refractivity contribution in [3.8, 4) is 0 Å². The molecule has 1 unspecified atom stereocenters. The van der Waals surface area contributed by atoms with Crippen molar-refractivity contribution in [1.82, 2.24) is 14.8 Å². The number of anilines is 1. The second-order valence-corrected chi connectivity index (χ2v) is 8.28. The van der Waals surface area contributed by atoms with Crippen LogP contribution in [0.3, 0.4) is 0 Å². The predicted octanol–water partition coefficient (Wildman–Crippen LogP) is -0.403. The van der Waals surface area contributed by atoms with Crippen molar-refractivity contribution >= 4 is 27.3 Å². The highest BCUT2D eigenvalue weighted by Gasteiger charge is 2.36. The first-order chi connectivity index (χ1) is 11.3. The third kappa shape index (κ3) is 5.00. The number of amides is 2. The van der Waals surface area contributed by atoms with Gasteiger partial charge in [0.1, 0.15) is 0 Å². The quantitative estimate of drug-likeness (QED) is 0.722. The average Bonchev–Trinajstić information content (AvgIpc) is 2.88. The highest BCUT2D eigenvalue weighted by molar-refractivity contribution is 7.91. The van der Waals surface area contributed by atoms with E-state index in [0.717, 1.165) is 0 Å². The van der Waals surface area contributed by atoms with Crippen LogP contribution in [0.4, 0.5) is 5.69 Å². The van der Waals surface area contributed by atoms with E-state index in [9.17, 15) is 18.0 Å². The smallest absolute Gasteiger partial charge is 0.313 e. The summed E-state index contributed by atoms with van der Waals surface area (Å²) in [5.41, 5.74) is 0.419. The summed E-state index contributed by atoms with van der Waals surface area (Å²) in [5.74, 6) is -1.55. The number of sulfone groups is 1. The number of rotatable bonds is 5. The second-order valence-electron chi connectivity index (χ2n) is 6.05. The van der Waals surface area contributed by atoms with Crippen LogP contribution in [0.15, 0.2) is 24.5 Å². The largest absolute Gasteiger partial charge is 0.329 e. The summed E-state index contributed by atoms with van der Waals surface area (Å²) < 4.78 is 23.4. The number of pyridine rings is 1. The standard InChI is InChI=1S/C15H22N4O4S/c1-18(2)7-8-19(13-5-9-24(22,23)11-13)15(21)14(20)17-12-4-3-6-16-10-12/h3-4,6,10,13H,5,7-9,11H2,1-2H3,(H,17,20). The van der Waals surface area contributed by atoms with Gasteiger partial charge in [0.25, 0.3) is 0 Å². The van der Waals surface area contributed by atoms with Gasteiger partial charge in [0, 0.05) is 25.3 Å². The van der Waals surface area contributed by atoms with E-state index in [-0.39, 0.29) is 11.5 Å². The van der Waals surface area contributed by atoms with Gasteiger partial charge in [-0.1, -0.05) is 0 Å². The third-order valence-corrected chi connectivity index (χ3v) is 5.56. The van der Waals surface area contributed by atoms with E-state index in [0.29, 0.717) is 25.2 Å². The Morgan fingerprint density at radius 1 is 1.33 bits per heavy atom. The molecule has 1 atom stereocenters. The lowest BCUT2D eigenvalue weighted by atomic mass is 10.2. The summed E-state index contributed by atoms with van der Waals surface area (Å²) in [4.78, 5) is 31.9. The molecule has 1 fully saturated rings. The molecule has 1 aromatic heterocycles. The first kappa shape index (κ1) is 18.3. The number of hydrogen-bond donors (Lipinski definition) is 1. The van der Waals surface area contributed by atoms with Crippen LogP contribution >= 0.6 is 0 Å². The molecule has 0 aromatic carbocycles. The number of nitrogens with one attached hydrogen (secondary N) is 1. The first-order valence-corrected chi connectivity index (χ1v) is 9.48. The minimum Gasteiger partial charge on any atom is -0.329 e. The molecule has 1 saturated heterocycles. The van der Waals surface area contributed by atoms with Crippen molar-refractivity contribution in [2.75, 3.05) is 44.0 Å². The van der Waals surface area contributed by atoms with Gasteiger partial charge in [-0.15, -0.1) is 0 Å². The van der Waals surface area contributed by atoms with Crippen molar-refractivity contribution in [2.24, 2.45) is 0 Å². The zero-order chi connectivity index (χ0) is 17.7. The molecular weight excluding hydrogens is 332 g/mol. The molecule has 0 bridgehead atoms. The van der Waals surface area contributed by atoms with Crippen LogP contribution in [0.2, 0.25) is 0 Å². The Bertz CT molecular complexity index is 691. The molecule has 2 rings (SSSR count). The van der Waals surface area contributed by atoms with Crippen LogP contribution in [0.5, 0.6) is 0 Å². The van der Waals surface area contributed by atoms with Crippen LogP contribution in [-0.2, 0) is 19.4 Å². The van der Waals surface area contributed by atoms with Gasteiger partial charge in [0.2, 0.25) is 0 Å². The molecule has 0 saturated carbocycles. The third-order valence-electron chi connectivity index (χ3n) is 3.81. The van der Waals surface area contributed by atoms with Crippen molar-refractivity contribution in [1.29, 1.82) is 0 Å². The summed E-state index contributed by atoms with van der Waals surface area (Å²) in [6.45, 7) is 0.842. The molecule has 0 aliphatic carbocycles. The maximum absolute atomic E-state index is 12.5. The molecule has 1 N–H and O–H groups in total. The van der Waals surface area contributed by atoms with Gasteiger partial charge >= 0.3 is 11.8 Å². The zero-order valence-electron chi connectivity index (χ0n) is 13.8. The fourth-order valence-electron chi connectivity index (χ4n) is 2.53. The van der Waals surface area contributed by atoms with Crippen molar-refractivity contribution < 1.29 is 18.0 Å². The van der Waals surface area contributed by atoms with Gasteiger partial charge in [0.15, 0.2) is 9.84 Å². The highest BCUT2D eigenvalue weighted by Crippen LogP contribution is 2.18. The van der Waals surface area contributed by atoms with Gasteiger partial charge in [-0.3, -0.25) is 14.6 Å². The summed E-state index contributed by atoms with van der Waals surface area (Å²) >= 11 is 0. The molecule has 24 heavy (non-hydrogen) atoms. The molecule has 2 amide bonds. The van der Waals surface area contributed by atoms with E-state index in [2.05, 4.69) is 10.3 Å².